The van der Waals surface area contributed by atoms with Crippen LogP contribution >= 0.6 is 0 Å². The lowest BCUT2D eigenvalue weighted by atomic mass is 9.71. The molecule has 0 spiro atoms. The van der Waals surface area contributed by atoms with Crippen molar-refractivity contribution in [2.24, 2.45) is 5.41 Å². The summed E-state index contributed by atoms with van der Waals surface area (Å²) in [5, 5.41) is 8.81. The quantitative estimate of drug-likeness (QED) is 0.576. The standard InChI is InChI=1S/C11H16O5/c1-2-16-10(15)11(7-9(13)14)6-4-3-5-8(11)12/h2-7H2,1H3,(H,13,14). The number of esters is 1. The van der Waals surface area contributed by atoms with Crippen LogP contribution in [0.4, 0.5) is 0 Å². The minimum Gasteiger partial charge on any atom is -0.481 e. The number of carboxylic acids is 1. The van der Waals surface area contributed by atoms with E-state index in [1.807, 2.05) is 0 Å². The first-order valence-electron chi connectivity index (χ1n) is 5.45. The number of carboxylic acid groups (broad SMARTS) is 1. The molecular weight excluding hydrogens is 212 g/mol. The Bertz CT molecular complexity index is 309. The number of carbonyl (C=O) groups is 3. The van der Waals surface area contributed by atoms with Gasteiger partial charge in [0.25, 0.3) is 0 Å². The Labute approximate surface area is 93.8 Å². The molecule has 1 fully saturated rings. The maximum absolute atomic E-state index is 11.8. The molecule has 1 N–H and O–H groups in total. The SMILES string of the molecule is CCOC(=O)C1(CC(=O)O)CCCCC1=O. The van der Waals surface area contributed by atoms with Crippen LogP contribution in [0.5, 0.6) is 0 Å². The zero-order valence-corrected chi connectivity index (χ0v) is 9.32. The second-order valence-electron chi connectivity index (χ2n) is 4.00. The van der Waals surface area contributed by atoms with Gasteiger partial charge in [-0.15, -0.1) is 0 Å². The van der Waals surface area contributed by atoms with Crippen molar-refractivity contribution >= 4 is 17.7 Å². The Morgan fingerprint density at radius 1 is 1.44 bits per heavy atom. The molecule has 0 aromatic carbocycles. The molecule has 0 radical (unpaired) electrons. The first kappa shape index (κ1) is 12.7. The molecule has 0 amide bonds. The fourth-order valence-electron chi connectivity index (χ4n) is 2.09. The van der Waals surface area contributed by atoms with E-state index in [-0.39, 0.29) is 25.2 Å². The number of ketones is 1. The van der Waals surface area contributed by atoms with Crippen LogP contribution in [0.2, 0.25) is 0 Å². The summed E-state index contributed by atoms with van der Waals surface area (Å²) in [7, 11) is 0. The van der Waals surface area contributed by atoms with E-state index in [2.05, 4.69) is 0 Å². The third-order valence-electron chi connectivity index (χ3n) is 2.91. The Morgan fingerprint density at radius 2 is 2.12 bits per heavy atom. The average molecular weight is 228 g/mol. The largest absolute Gasteiger partial charge is 0.481 e. The van der Waals surface area contributed by atoms with Crippen molar-refractivity contribution in [1.82, 2.24) is 0 Å². The normalized spacial score (nSPS) is 25.2. The van der Waals surface area contributed by atoms with E-state index >= 15 is 0 Å². The van der Waals surface area contributed by atoms with Crippen LogP contribution in [0, 0.1) is 5.41 Å². The van der Waals surface area contributed by atoms with Crippen molar-refractivity contribution in [2.45, 2.75) is 39.0 Å². The van der Waals surface area contributed by atoms with E-state index in [0.29, 0.717) is 6.42 Å². The number of hydrogen-bond acceptors (Lipinski definition) is 4. The molecule has 1 saturated carbocycles. The summed E-state index contributed by atoms with van der Waals surface area (Å²) in [6, 6.07) is 0. The summed E-state index contributed by atoms with van der Waals surface area (Å²) in [5.74, 6) is -2.11. The van der Waals surface area contributed by atoms with Gasteiger partial charge < -0.3 is 9.84 Å². The summed E-state index contributed by atoms with van der Waals surface area (Å²) in [6.07, 6.45) is 1.52. The molecule has 1 unspecified atom stereocenters. The molecule has 1 aliphatic carbocycles. The smallest absolute Gasteiger partial charge is 0.320 e. The minimum atomic E-state index is -1.43. The second-order valence-corrected chi connectivity index (χ2v) is 4.00. The average Bonchev–Trinajstić information content (AvgIpc) is 2.21. The Kier molecular flexibility index (Phi) is 4.04. The summed E-state index contributed by atoms with van der Waals surface area (Å²) < 4.78 is 4.83. The molecular formula is C11H16O5. The Morgan fingerprint density at radius 3 is 2.62 bits per heavy atom. The molecule has 16 heavy (non-hydrogen) atoms. The van der Waals surface area contributed by atoms with Gasteiger partial charge in [0.2, 0.25) is 0 Å². The lowest BCUT2D eigenvalue weighted by Crippen LogP contribution is -2.44. The molecule has 0 aliphatic heterocycles. The predicted octanol–water partition coefficient (Wildman–Crippen LogP) is 1.15. The molecule has 0 bridgehead atoms. The highest BCUT2D eigenvalue weighted by molar-refractivity contribution is 6.06. The molecule has 0 heterocycles. The maximum atomic E-state index is 11.8. The van der Waals surface area contributed by atoms with Crippen molar-refractivity contribution in [3.8, 4) is 0 Å². The summed E-state index contributed by atoms with van der Waals surface area (Å²) in [4.78, 5) is 34.3. The third kappa shape index (κ3) is 2.40. The molecule has 1 rings (SSSR count). The number of aliphatic carboxylic acids is 1. The minimum absolute atomic E-state index is 0.160. The lowest BCUT2D eigenvalue weighted by Gasteiger charge is -2.31. The first-order chi connectivity index (χ1) is 7.53. The summed E-state index contributed by atoms with van der Waals surface area (Å²) in [5.41, 5.74) is -1.43. The van der Waals surface area contributed by atoms with Crippen LogP contribution in [0.25, 0.3) is 0 Å². The monoisotopic (exact) mass is 228 g/mol. The van der Waals surface area contributed by atoms with Crippen LogP contribution in [0.3, 0.4) is 0 Å². The van der Waals surface area contributed by atoms with Gasteiger partial charge in [0, 0.05) is 6.42 Å². The molecule has 5 nitrogen and oxygen atoms in total. The Balaban J connectivity index is 2.94. The molecule has 0 aromatic heterocycles. The van der Waals surface area contributed by atoms with Gasteiger partial charge in [-0.1, -0.05) is 6.42 Å². The third-order valence-corrected chi connectivity index (χ3v) is 2.91. The zero-order valence-electron chi connectivity index (χ0n) is 9.32. The molecule has 1 aliphatic rings. The van der Waals surface area contributed by atoms with E-state index in [9.17, 15) is 14.4 Å². The molecule has 5 heteroatoms. The van der Waals surface area contributed by atoms with Gasteiger partial charge in [-0.25, -0.2) is 0 Å². The van der Waals surface area contributed by atoms with E-state index in [1.165, 1.54) is 0 Å². The van der Waals surface area contributed by atoms with Crippen molar-refractivity contribution in [2.75, 3.05) is 6.61 Å². The summed E-state index contributed by atoms with van der Waals surface area (Å²) >= 11 is 0. The zero-order chi connectivity index (χ0) is 12.2. The number of Topliss-reactive ketones (excluding diaryl/α,β-unsaturated/α-hetero) is 1. The van der Waals surface area contributed by atoms with E-state index in [1.54, 1.807) is 6.92 Å². The van der Waals surface area contributed by atoms with E-state index in [0.717, 1.165) is 6.42 Å². The molecule has 1 atom stereocenters. The van der Waals surface area contributed by atoms with Gasteiger partial charge in [0.1, 0.15) is 5.41 Å². The van der Waals surface area contributed by atoms with Crippen LogP contribution in [-0.4, -0.2) is 29.4 Å². The Hall–Kier alpha value is -1.39. The van der Waals surface area contributed by atoms with Crippen LogP contribution in [0.1, 0.15) is 39.0 Å². The van der Waals surface area contributed by atoms with Gasteiger partial charge >= 0.3 is 11.9 Å². The van der Waals surface area contributed by atoms with E-state index < -0.39 is 23.8 Å². The molecule has 90 valence electrons. The highest BCUT2D eigenvalue weighted by atomic mass is 16.5. The van der Waals surface area contributed by atoms with Gasteiger partial charge in [0.05, 0.1) is 13.0 Å². The van der Waals surface area contributed by atoms with Crippen molar-refractivity contribution in [1.29, 1.82) is 0 Å². The number of carbonyl (C=O) groups excluding carboxylic acids is 2. The van der Waals surface area contributed by atoms with Crippen molar-refractivity contribution < 1.29 is 24.2 Å². The van der Waals surface area contributed by atoms with Crippen LogP contribution < -0.4 is 0 Å². The fourth-order valence-corrected chi connectivity index (χ4v) is 2.09. The highest BCUT2D eigenvalue weighted by Gasteiger charge is 2.49. The van der Waals surface area contributed by atoms with Gasteiger partial charge in [-0.2, -0.15) is 0 Å². The number of hydrogen-bond donors (Lipinski definition) is 1. The lowest BCUT2D eigenvalue weighted by molar-refractivity contribution is -0.167. The predicted molar refractivity (Wildman–Crippen MR) is 54.8 cm³/mol. The second kappa shape index (κ2) is 5.09. The number of ether oxygens (including phenoxy) is 1. The van der Waals surface area contributed by atoms with Crippen LogP contribution in [-0.2, 0) is 19.1 Å². The van der Waals surface area contributed by atoms with Gasteiger partial charge in [-0.05, 0) is 19.8 Å². The highest BCUT2D eigenvalue weighted by Crippen LogP contribution is 2.37. The maximum Gasteiger partial charge on any atom is 0.320 e. The topological polar surface area (TPSA) is 80.7 Å². The molecule has 0 aromatic rings. The molecule has 0 saturated heterocycles. The summed E-state index contributed by atoms with van der Waals surface area (Å²) in [6.45, 7) is 1.80. The first-order valence-corrected chi connectivity index (χ1v) is 5.45. The van der Waals surface area contributed by atoms with Crippen molar-refractivity contribution in [3.63, 3.8) is 0 Å². The fraction of sp³-hybridized carbons (Fsp3) is 0.727. The van der Waals surface area contributed by atoms with Gasteiger partial charge in [0.15, 0.2) is 5.78 Å². The number of rotatable bonds is 4. The van der Waals surface area contributed by atoms with Gasteiger partial charge in [-0.3, -0.25) is 14.4 Å². The van der Waals surface area contributed by atoms with Crippen molar-refractivity contribution in [3.05, 3.63) is 0 Å². The van der Waals surface area contributed by atoms with Crippen LogP contribution in [0.15, 0.2) is 0 Å². The van der Waals surface area contributed by atoms with E-state index in [4.69, 9.17) is 9.84 Å².